The van der Waals surface area contributed by atoms with E-state index in [2.05, 4.69) is 12.1 Å². The van der Waals surface area contributed by atoms with E-state index in [9.17, 15) is 19.2 Å². The van der Waals surface area contributed by atoms with Crippen LogP contribution in [-0.2, 0) is 14.4 Å². The molecule has 5 rings (SSSR count). The maximum atomic E-state index is 13.2. The van der Waals surface area contributed by atoms with E-state index in [-0.39, 0.29) is 36.0 Å². The summed E-state index contributed by atoms with van der Waals surface area (Å²) in [4.78, 5) is 58.1. The Morgan fingerprint density at radius 1 is 0.816 bits per heavy atom. The van der Waals surface area contributed by atoms with Crippen molar-refractivity contribution in [2.75, 3.05) is 13.7 Å². The van der Waals surface area contributed by atoms with Gasteiger partial charge in [-0.3, -0.25) is 14.5 Å². The third-order valence-electron chi connectivity index (χ3n) is 7.00. The molecule has 194 valence electrons. The van der Waals surface area contributed by atoms with Gasteiger partial charge in [-0.2, -0.15) is 0 Å². The molecule has 0 unspecified atom stereocenters. The van der Waals surface area contributed by atoms with Gasteiger partial charge in [0.1, 0.15) is 12.6 Å². The largest absolute Gasteiger partial charge is 0.448 e. The summed E-state index contributed by atoms with van der Waals surface area (Å²) in [6.07, 6.45) is -0.445. The van der Waals surface area contributed by atoms with Gasteiger partial charge in [0, 0.05) is 13.0 Å². The Morgan fingerprint density at radius 2 is 1.29 bits per heavy atom. The van der Waals surface area contributed by atoms with E-state index in [0.29, 0.717) is 5.06 Å². The molecule has 3 aromatic rings. The predicted octanol–water partition coefficient (Wildman–Crippen LogP) is 5.04. The van der Waals surface area contributed by atoms with E-state index in [1.807, 2.05) is 50.2 Å². The summed E-state index contributed by atoms with van der Waals surface area (Å²) in [7, 11) is 1.45. The lowest BCUT2D eigenvalue weighted by atomic mass is 9.98. The van der Waals surface area contributed by atoms with E-state index in [0.717, 1.165) is 22.3 Å². The number of hydrogen-bond acceptors (Lipinski definition) is 6. The quantitative estimate of drug-likeness (QED) is 0.412. The summed E-state index contributed by atoms with van der Waals surface area (Å²) >= 11 is 0. The molecule has 2 aliphatic rings. The van der Waals surface area contributed by atoms with Crippen LogP contribution in [-0.4, -0.2) is 53.5 Å². The van der Waals surface area contributed by atoms with Gasteiger partial charge in [0.25, 0.3) is 11.8 Å². The summed E-state index contributed by atoms with van der Waals surface area (Å²) in [5, 5.41) is 0.464. The number of rotatable bonds is 7. The van der Waals surface area contributed by atoms with Gasteiger partial charge in [-0.1, -0.05) is 79.6 Å². The highest BCUT2D eigenvalue weighted by atomic mass is 16.7. The Bertz CT molecular complexity index is 1350. The fraction of sp³-hybridized carbons (Fsp3) is 0.267. The molecule has 1 heterocycles. The molecule has 0 fully saturated rings. The van der Waals surface area contributed by atoms with Crippen molar-refractivity contribution < 1.29 is 28.8 Å². The minimum Gasteiger partial charge on any atom is -0.448 e. The zero-order valence-corrected chi connectivity index (χ0v) is 21.4. The van der Waals surface area contributed by atoms with Crippen LogP contribution in [0.5, 0.6) is 0 Å². The number of likely N-dealkylation sites (N-methyl/N-ethyl adjacent to an activating group) is 1. The van der Waals surface area contributed by atoms with Gasteiger partial charge >= 0.3 is 12.1 Å². The lowest BCUT2D eigenvalue weighted by Crippen LogP contribution is -2.47. The Labute approximate surface area is 220 Å². The lowest BCUT2D eigenvalue weighted by Gasteiger charge is -2.28. The summed E-state index contributed by atoms with van der Waals surface area (Å²) in [6, 6.07) is 21.2. The Kier molecular flexibility index (Phi) is 6.72. The molecule has 1 aliphatic heterocycles. The van der Waals surface area contributed by atoms with Crippen LogP contribution in [0.1, 0.15) is 58.0 Å². The number of fused-ring (bicyclic) bond motifs is 4. The molecular weight excluding hydrogens is 484 g/mol. The molecular formula is C30H28N2O6. The van der Waals surface area contributed by atoms with Crippen LogP contribution >= 0.6 is 0 Å². The van der Waals surface area contributed by atoms with Crippen LogP contribution in [0.3, 0.4) is 0 Å². The molecule has 8 heteroatoms. The average molecular weight is 513 g/mol. The first-order valence-corrected chi connectivity index (χ1v) is 12.5. The average Bonchev–Trinajstić information content (AvgIpc) is 3.37. The number of nitrogens with zero attached hydrogens (tertiary/aromatic N) is 2. The van der Waals surface area contributed by atoms with Crippen molar-refractivity contribution in [2.45, 2.75) is 32.2 Å². The first-order chi connectivity index (χ1) is 18.3. The minimum atomic E-state index is -1.06. The van der Waals surface area contributed by atoms with Crippen LogP contribution in [0.15, 0.2) is 72.8 Å². The summed E-state index contributed by atoms with van der Waals surface area (Å²) in [6.45, 7) is 3.89. The summed E-state index contributed by atoms with van der Waals surface area (Å²) in [5.74, 6) is -2.44. The van der Waals surface area contributed by atoms with Crippen molar-refractivity contribution in [3.63, 3.8) is 0 Å². The number of hydroxylamine groups is 2. The van der Waals surface area contributed by atoms with Gasteiger partial charge in [-0.25, -0.2) is 9.59 Å². The second-order valence-corrected chi connectivity index (χ2v) is 9.92. The van der Waals surface area contributed by atoms with Crippen LogP contribution in [0, 0.1) is 5.92 Å². The molecule has 3 amide bonds. The highest BCUT2D eigenvalue weighted by Crippen LogP contribution is 2.44. The monoisotopic (exact) mass is 512 g/mol. The SMILES string of the molecule is CC(C)C[C@@H](C(=O)ON1C(=O)c2ccccc2C1=O)N(C)C(=O)OCC1c2ccccc2-c2ccccc21. The number of carbonyl (C=O) groups excluding carboxylic acids is 4. The summed E-state index contributed by atoms with van der Waals surface area (Å²) < 4.78 is 5.71. The number of imide groups is 1. The van der Waals surface area contributed by atoms with E-state index in [1.165, 1.54) is 24.1 Å². The van der Waals surface area contributed by atoms with Crippen LogP contribution in [0.4, 0.5) is 4.79 Å². The van der Waals surface area contributed by atoms with Gasteiger partial charge in [-0.15, -0.1) is 0 Å². The maximum absolute atomic E-state index is 13.2. The summed E-state index contributed by atoms with van der Waals surface area (Å²) in [5.41, 5.74) is 4.70. The first-order valence-electron chi connectivity index (χ1n) is 12.5. The van der Waals surface area contributed by atoms with Gasteiger partial charge in [0.2, 0.25) is 0 Å². The highest BCUT2D eigenvalue weighted by molar-refractivity contribution is 6.20. The number of carbonyl (C=O) groups is 4. The molecule has 0 aromatic heterocycles. The van der Waals surface area contributed by atoms with Gasteiger partial charge in [0.05, 0.1) is 11.1 Å². The third-order valence-corrected chi connectivity index (χ3v) is 7.00. The molecule has 1 aliphatic carbocycles. The van der Waals surface area contributed by atoms with Crippen LogP contribution in [0.25, 0.3) is 11.1 Å². The van der Waals surface area contributed by atoms with E-state index >= 15 is 0 Å². The van der Waals surface area contributed by atoms with Crippen molar-refractivity contribution in [1.29, 1.82) is 0 Å². The van der Waals surface area contributed by atoms with Crippen molar-refractivity contribution in [2.24, 2.45) is 5.92 Å². The fourth-order valence-corrected chi connectivity index (χ4v) is 5.08. The van der Waals surface area contributed by atoms with Crippen molar-refractivity contribution in [3.8, 4) is 11.1 Å². The maximum Gasteiger partial charge on any atom is 0.410 e. The van der Waals surface area contributed by atoms with Crippen molar-refractivity contribution in [1.82, 2.24) is 9.96 Å². The molecule has 38 heavy (non-hydrogen) atoms. The molecule has 8 nitrogen and oxygen atoms in total. The standard InChI is InChI=1S/C30H28N2O6/c1-18(2)16-26(29(35)38-32-27(33)23-14-8-9-15-24(23)28(32)34)31(3)30(36)37-17-25-21-12-6-4-10-19(21)20-11-5-7-13-22(20)25/h4-15,18,25-26H,16-17H2,1-3H3/t26-/m0/s1. The predicted molar refractivity (Wildman–Crippen MR) is 139 cm³/mol. The fourth-order valence-electron chi connectivity index (χ4n) is 5.08. The molecule has 0 spiro atoms. The Hall–Kier alpha value is -4.46. The molecule has 0 radical (unpaired) electrons. The van der Waals surface area contributed by atoms with E-state index < -0.39 is 29.9 Å². The molecule has 0 saturated carbocycles. The molecule has 3 aromatic carbocycles. The van der Waals surface area contributed by atoms with Gasteiger partial charge < -0.3 is 9.57 Å². The Morgan fingerprint density at radius 3 is 1.79 bits per heavy atom. The molecule has 0 N–H and O–H groups in total. The van der Waals surface area contributed by atoms with E-state index in [4.69, 9.17) is 9.57 Å². The van der Waals surface area contributed by atoms with Crippen LogP contribution < -0.4 is 0 Å². The zero-order valence-electron chi connectivity index (χ0n) is 21.4. The second kappa shape index (κ2) is 10.1. The topological polar surface area (TPSA) is 93.2 Å². The molecule has 0 saturated heterocycles. The van der Waals surface area contributed by atoms with Gasteiger partial charge in [-0.05, 0) is 46.7 Å². The normalized spacial score (nSPS) is 14.7. The minimum absolute atomic E-state index is 0.0126. The number of benzene rings is 3. The smallest absolute Gasteiger partial charge is 0.410 e. The van der Waals surface area contributed by atoms with E-state index in [1.54, 1.807) is 12.1 Å². The first kappa shape index (κ1) is 25.2. The number of amides is 3. The number of hydrogen-bond donors (Lipinski definition) is 0. The third kappa shape index (κ3) is 4.42. The zero-order chi connectivity index (χ0) is 27.0. The molecule has 0 bridgehead atoms. The highest BCUT2D eigenvalue weighted by Gasteiger charge is 2.41. The lowest BCUT2D eigenvalue weighted by molar-refractivity contribution is -0.174. The van der Waals surface area contributed by atoms with Crippen molar-refractivity contribution in [3.05, 3.63) is 95.1 Å². The molecule has 1 atom stereocenters. The van der Waals surface area contributed by atoms with Crippen molar-refractivity contribution >= 4 is 23.9 Å². The van der Waals surface area contributed by atoms with Crippen LogP contribution in [0.2, 0.25) is 0 Å². The second-order valence-electron chi connectivity index (χ2n) is 9.92. The number of ether oxygens (including phenoxy) is 1. The Balaban J connectivity index is 1.29. The van der Waals surface area contributed by atoms with Gasteiger partial charge in [0.15, 0.2) is 0 Å².